The third-order valence-electron chi connectivity index (χ3n) is 5.13. The number of aromatic nitrogens is 1. The van der Waals surface area contributed by atoms with Crippen LogP contribution in [0.25, 0.3) is 0 Å². The Kier molecular flexibility index (Phi) is 5.75. The molecule has 1 aromatic heterocycles. The van der Waals surface area contributed by atoms with Gasteiger partial charge in [0, 0.05) is 25.0 Å². The molecule has 2 aliphatic heterocycles. The van der Waals surface area contributed by atoms with Gasteiger partial charge in [-0.25, -0.2) is 4.98 Å². The summed E-state index contributed by atoms with van der Waals surface area (Å²) in [6, 6.07) is 4.92. The molecule has 9 heteroatoms. The Hall–Kier alpha value is -1.83. The molecule has 2 saturated heterocycles. The molecule has 4 rings (SSSR count). The summed E-state index contributed by atoms with van der Waals surface area (Å²) in [6.07, 6.45) is 3.64. The van der Waals surface area contributed by atoms with E-state index in [9.17, 15) is 9.59 Å². The summed E-state index contributed by atoms with van der Waals surface area (Å²) in [5.41, 5.74) is 0.970. The number of halogens is 2. The highest BCUT2D eigenvalue weighted by Gasteiger charge is 2.38. The molecule has 0 bridgehead atoms. The highest BCUT2D eigenvalue weighted by molar-refractivity contribution is 7.14. The quantitative estimate of drug-likeness (QED) is 0.766. The molecule has 1 N–H and O–H groups in total. The van der Waals surface area contributed by atoms with Gasteiger partial charge in [-0.3, -0.25) is 9.59 Å². The summed E-state index contributed by atoms with van der Waals surface area (Å²) in [6.45, 7) is 2.18. The molecule has 0 spiro atoms. The second kappa shape index (κ2) is 8.27. The van der Waals surface area contributed by atoms with E-state index in [1.807, 2.05) is 4.90 Å². The third kappa shape index (κ3) is 3.83. The molecule has 1 atom stereocenters. The van der Waals surface area contributed by atoms with Crippen molar-refractivity contribution in [2.45, 2.75) is 31.7 Å². The van der Waals surface area contributed by atoms with Gasteiger partial charge in [0.25, 0.3) is 5.91 Å². The third-order valence-corrected chi connectivity index (χ3v) is 6.71. The number of benzene rings is 1. The normalized spacial score (nSPS) is 19.3. The first kappa shape index (κ1) is 19.5. The number of nitrogens with one attached hydrogen (secondary N) is 1. The maximum atomic E-state index is 13.0. The molecular weight excluding hydrogens is 419 g/mol. The minimum Gasteiger partial charge on any atom is -0.341 e. The van der Waals surface area contributed by atoms with Crippen LogP contribution in [-0.4, -0.2) is 52.3 Å². The predicted octanol–water partition coefficient (Wildman–Crippen LogP) is 4.42. The van der Waals surface area contributed by atoms with Gasteiger partial charge >= 0.3 is 0 Å². The zero-order chi connectivity index (χ0) is 19.7. The number of nitrogens with zero attached hydrogens (tertiary/aromatic N) is 3. The van der Waals surface area contributed by atoms with Gasteiger partial charge in [-0.05, 0) is 37.8 Å². The fourth-order valence-electron chi connectivity index (χ4n) is 3.71. The summed E-state index contributed by atoms with van der Waals surface area (Å²) in [7, 11) is 0. The summed E-state index contributed by atoms with van der Waals surface area (Å²) < 4.78 is 0. The van der Waals surface area contributed by atoms with Gasteiger partial charge in [-0.1, -0.05) is 29.3 Å². The maximum Gasteiger partial charge on any atom is 0.274 e. The van der Waals surface area contributed by atoms with Crippen LogP contribution in [0.5, 0.6) is 0 Å². The second-order valence-corrected chi connectivity index (χ2v) is 8.60. The summed E-state index contributed by atoms with van der Waals surface area (Å²) >= 11 is 13.5. The van der Waals surface area contributed by atoms with Gasteiger partial charge in [-0.2, -0.15) is 0 Å². The highest BCUT2D eigenvalue weighted by Crippen LogP contribution is 2.33. The van der Waals surface area contributed by atoms with Gasteiger partial charge in [0.05, 0.1) is 15.7 Å². The lowest BCUT2D eigenvalue weighted by atomic mass is 10.2. The van der Waals surface area contributed by atoms with Gasteiger partial charge in [0.1, 0.15) is 11.7 Å². The summed E-state index contributed by atoms with van der Waals surface area (Å²) in [4.78, 5) is 33.7. The number of hydrogen-bond donors (Lipinski definition) is 1. The van der Waals surface area contributed by atoms with Crippen molar-refractivity contribution in [2.24, 2.45) is 0 Å². The molecule has 148 valence electrons. The van der Waals surface area contributed by atoms with Crippen LogP contribution in [0.15, 0.2) is 23.6 Å². The minimum atomic E-state index is -0.369. The van der Waals surface area contributed by atoms with E-state index in [4.69, 9.17) is 23.2 Å². The Morgan fingerprint density at radius 2 is 1.93 bits per heavy atom. The largest absolute Gasteiger partial charge is 0.341 e. The first-order chi connectivity index (χ1) is 13.5. The van der Waals surface area contributed by atoms with E-state index in [1.165, 1.54) is 11.3 Å². The molecule has 0 unspecified atom stereocenters. The zero-order valence-corrected chi connectivity index (χ0v) is 17.5. The van der Waals surface area contributed by atoms with Crippen molar-refractivity contribution < 1.29 is 9.59 Å². The van der Waals surface area contributed by atoms with Crippen molar-refractivity contribution in [3.05, 3.63) is 39.3 Å². The van der Waals surface area contributed by atoms with Crippen LogP contribution in [-0.2, 0) is 4.79 Å². The van der Waals surface area contributed by atoms with Crippen LogP contribution in [0.3, 0.4) is 0 Å². The van der Waals surface area contributed by atoms with Gasteiger partial charge in [0.15, 0.2) is 5.13 Å². The molecule has 0 radical (unpaired) electrons. The zero-order valence-electron chi connectivity index (χ0n) is 15.2. The molecule has 0 saturated carbocycles. The van der Waals surface area contributed by atoms with Crippen LogP contribution in [0.1, 0.15) is 36.2 Å². The fraction of sp³-hybridized carbons (Fsp3) is 0.421. The van der Waals surface area contributed by atoms with Crippen LogP contribution >= 0.6 is 34.5 Å². The number of carbonyl (C=O) groups is 2. The Labute approximate surface area is 177 Å². The number of rotatable bonds is 4. The van der Waals surface area contributed by atoms with E-state index < -0.39 is 0 Å². The van der Waals surface area contributed by atoms with E-state index in [-0.39, 0.29) is 17.9 Å². The Morgan fingerprint density at radius 1 is 1.14 bits per heavy atom. The standard InChI is InChI=1S/C19H20Cl2N4O2S/c20-12-5-3-6-13(16(12)21)22-19-23-14(11-28-19)17(26)25-10-4-7-15(25)18(27)24-8-1-2-9-24/h3,5-6,11,15H,1-2,4,7-10H2,(H,22,23)/t15-/m0/s1. The number of hydrogen-bond acceptors (Lipinski definition) is 5. The monoisotopic (exact) mass is 438 g/mol. The number of carbonyl (C=O) groups excluding carboxylic acids is 2. The van der Waals surface area contributed by atoms with E-state index in [2.05, 4.69) is 10.3 Å². The molecule has 28 heavy (non-hydrogen) atoms. The number of thiazole rings is 1. The SMILES string of the molecule is O=C([C@@H]1CCCN1C(=O)c1csc(Nc2cccc(Cl)c2Cl)n1)N1CCCC1. The van der Waals surface area contributed by atoms with Crippen LogP contribution in [0.2, 0.25) is 10.0 Å². The smallest absolute Gasteiger partial charge is 0.274 e. The summed E-state index contributed by atoms with van der Waals surface area (Å²) in [5, 5.41) is 6.21. The molecule has 2 fully saturated rings. The van der Waals surface area contributed by atoms with Crippen molar-refractivity contribution in [3.63, 3.8) is 0 Å². The second-order valence-electron chi connectivity index (χ2n) is 6.95. The van der Waals surface area contributed by atoms with Gasteiger partial charge < -0.3 is 15.1 Å². The van der Waals surface area contributed by atoms with Crippen molar-refractivity contribution in [1.29, 1.82) is 0 Å². The number of anilines is 2. The van der Waals surface area contributed by atoms with Crippen molar-refractivity contribution in [1.82, 2.24) is 14.8 Å². The Balaban J connectivity index is 1.47. The molecule has 6 nitrogen and oxygen atoms in total. The molecule has 3 heterocycles. The van der Waals surface area contributed by atoms with Crippen molar-refractivity contribution in [3.8, 4) is 0 Å². The van der Waals surface area contributed by atoms with Crippen molar-refractivity contribution >= 4 is 57.2 Å². The minimum absolute atomic E-state index is 0.0719. The molecular formula is C19H20Cl2N4O2S. The average Bonchev–Trinajstić information content (AvgIpc) is 3.46. The molecule has 2 aromatic rings. The van der Waals surface area contributed by atoms with E-state index in [0.717, 1.165) is 32.4 Å². The fourth-order valence-corrected chi connectivity index (χ4v) is 4.75. The van der Waals surface area contributed by atoms with Crippen LogP contribution < -0.4 is 5.32 Å². The van der Waals surface area contributed by atoms with Gasteiger partial charge in [0.2, 0.25) is 5.91 Å². The van der Waals surface area contributed by atoms with Crippen molar-refractivity contribution in [2.75, 3.05) is 25.0 Å². The molecule has 2 amide bonds. The highest BCUT2D eigenvalue weighted by atomic mass is 35.5. The van der Waals surface area contributed by atoms with E-state index in [0.29, 0.717) is 39.5 Å². The topological polar surface area (TPSA) is 65.5 Å². The first-order valence-corrected chi connectivity index (χ1v) is 10.9. The summed E-state index contributed by atoms with van der Waals surface area (Å²) in [5.74, 6) is -0.126. The van der Waals surface area contributed by atoms with E-state index >= 15 is 0 Å². The molecule has 2 aliphatic rings. The lowest BCUT2D eigenvalue weighted by molar-refractivity contribution is -0.134. The average molecular weight is 439 g/mol. The predicted molar refractivity (Wildman–Crippen MR) is 112 cm³/mol. The number of likely N-dealkylation sites (tertiary alicyclic amines) is 2. The molecule has 0 aliphatic carbocycles. The Bertz CT molecular complexity index is 898. The number of amides is 2. The van der Waals surface area contributed by atoms with E-state index in [1.54, 1.807) is 28.5 Å². The van der Waals surface area contributed by atoms with Crippen LogP contribution in [0, 0.1) is 0 Å². The first-order valence-electron chi connectivity index (χ1n) is 9.31. The lowest BCUT2D eigenvalue weighted by Gasteiger charge is -2.27. The Morgan fingerprint density at radius 3 is 2.71 bits per heavy atom. The maximum absolute atomic E-state index is 13.0. The lowest BCUT2D eigenvalue weighted by Crippen LogP contribution is -2.47. The van der Waals surface area contributed by atoms with Crippen LogP contribution in [0.4, 0.5) is 10.8 Å². The van der Waals surface area contributed by atoms with Gasteiger partial charge in [-0.15, -0.1) is 11.3 Å². The molecule has 1 aromatic carbocycles.